The number of carbonyl (C=O) groups excluding carboxylic acids is 1. The number of carbonyl (C=O) groups is 1. The molecule has 27 heavy (non-hydrogen) atoms. The van der Waals surface area contributed by atoms with Crippen LogP contribution in [0, 0.1) is 0 Å². The van der Waals surface area contributed by atoms with Gasteiger partial charge in [0.05, 0.1) is 13.2 Å². The molecule has 0 aromatic heterocycles. The molecule has 2 rings (SSSR count). The summed E-state index contributed by atoms with van der Waals surface area (Å²) >= 11 is 0. The van der Waals surface area contributed by atoms with E-state index in [0.29, 0.717) is 0 Å². The van der Waals surface area contributed by atoms with Gasteiger partial charge in [0.2, 0.25) is 5.91 Å². The van der Waals surface area contributed by atoms with Crippen molar-refractivity contribution in [2.24, 2.45) is 0 Å². The second kappa shape index (κ2) is 9.34. The summed E-state index contributed by atoms with van der Waals surface area (Å²) < 4.78 is 15.7. The van der Waals surface area contributed by atoms with Crippen molar-refractivity contribution in [3.05, 3.63) is 12.7 Å². The van der Waals surface area contributed by atoms with Crippen LogP contribution in [0.5, 0.6) is 0 Å². The normalized spacial score (nSPS) is 45.3. The lowest BCUT2D eigenvalue weighted by molar-refractivity contribution is -0.345. The third-order valence-electron chi connectivity index (χ3n) is 4.51. The highest BCUT2D eigenvalue weighted by molar-refractivity contribution is 5.87. The predicted octanol–water partition coefficient (Wildman–Crippen LogP) is -5.09. The summed E-state index contributed by atoms with van der Waals surface area (Å²) in [6.07, 6.45) is -13.0. The van der Waals surface area contributed by atoms with Crippen molar-refractivity contribution in [2.75, 3.05) is 13.2 Å². The molecule has 2 aliphatic rings. The predicted molar refractivity (Wildman–Crippen MR) is 84.7 cm³/mol. The molecule has 2 fully saturated rings. The average Bonchev–Trinajstić information content (AvgIpc) is 2.66. The van der Waals surface area contributed by atoms with Gasteiger partial charge in [-0.15, -0.1) is 0 Å². The van der Waals surface area contributed by atoms with Gasteiger partial charge in [-0.2, -0.15) is 0 Å². The molecule has 1 amide bonds. The summed E-state index contributed by atoms with van der Waals surface area (Å²) in [5.74, 6) is -0.712. The minimum absolute atomic E-state index is 0.686. The van der Waals surface area contributed by atoms with Crippen molar-refractivity contribution in [3.8, 4) is 0 Å². The van der Waals surface area contributed by atoms with Crippen LogP contribution < -0.4 is 5.32 Å². The second-order valence-corrected chi connectivity index (χ2v) is 6.27. The van der Waals surface area contributed by atoms with Gasteiger partial charge in [0.15, 0.2) is 12.6 Å². The molecule has 12 nitrogen and oxygen atoms in total. The summed E-state index contributed by atoms with van der Waals surface area (Å²) in [5.41, 5.74) is 0. The van der Waals surface area contributed by atoms with Crippen LogP contribution in [0.25, 0.3) is 0 Å². The van der Waals surface area contributed by atoms with E-state index in [-0.39, 0.29) is 0 Å². The van der Waals surface area contributed by atoms with Crippen LogP contribution >= 0.6 is 0 Å². The number of nitrogens with one attached hydrogen (secondary N) is 1. The Bertz CT molecular complexity index is 518. The molecule has 1 unspecified atom stereocenters. The summed E-state index contributed by atoms with van der Waals surface area (Å²) in [6.45, 7) is 1.87. The lowest BCUT2D eigenvalue weighted by Gasteiger charge is -2.46. The van der Waals surface area contributed by atoms with Crippen LogP contribution in [0.3, 0.4) is 0 Å². The summed E-state index contributed by atoms with van der Waals surface area (Å²) in [7, 11) is 0. The molecule has 2 saturated heterocycles. The maximum atomic E-state index is 11.5. The fourth-order valence-electron chi connectivity index (χ4n) is 2.96. The maximum absolute atomic E-state index is 11.5. The van der Waals surface area contributed by atoms with Gasteiger partial charge in [-0.3, -0.25) is 4.79 Å². The van der Waals surface area contributed by atoms with E-state index in [1.807, 2.05) is 0 Å². The van der Waals surface area contributed by atoms with Crippen LogP contribution in [0.4, 0.5) is 0 Å². The first-order chi connectivity index (χ1) is 12.7. The van der Waals surface area contributed by atoms with Crippen LogP contribution in [0.2, 0.25) is 0 Å². The van der Waals surface area contributed by atoms with Crippen LogP contribution in [0.15, 0.2) is 12.7 Å². The van der Waals surface area contributed by atoms with E-state index in [4.69, 9.17) is 14.2 Å². The Morgan fingerprint density at radius 3 is 2.15 bits per heavy atom. The maximum Gasteiger partial charge on any atom is 0.243 e. The van der Waals surface area contributed by atoms with Gasteiger partial charge in [-0.1, -0.05) is 6.58 Å². The highest BCUT2D eigenvalue weighted by Crippen LogP contribution is 2.28. The number of aliphatic hydroxyl groups excluding tert-OH is 7. The Morgan fingerprint density at radius 2 is 1.59 bits per heavy atom. The monoisotopic (exact) mass is 395 g/mol. The number of hydrogen-bond donors (Lipinski definition) is 8. The molecule has 0 bridgehead atoms. The molecule has 10 atom stereocenters. The summed E-state index contributed by atoms with van der Waals surface area (Å²) in [6, 6.07) is -1.35. The standard InChI is InChI=1S/C15H25NO11/c1-2-7(19)16-8-10(21)13(6(4-18)25-14(8)24)27-15-12(23)11(22)9(20)5(3-17)26-15/h2,5-6,8-15,17-18,20-24H,1,3-4H2,(H,16,19)/t5-,6-,8-,9+,10-,11+,12-,13-,14?,15+/m1/s1. The number of aliphatic hydroxyl groups is 7. The quantitative estimate of drug-likeness (QED) is 0.200. The van der Waals surface area contributed by atoms with E-state index in [9.17, 15) is 40.5 Å². The van der Waals surface area contributed by atoms with Crippen molar-refractivity contribution in [1.29, 1.82) is 0 Å². The first-order valence-corrected chi connectivity index (χ1v) is 8.26. The number of amides is 1. The number of ether oxygens (including phenoxy) is 3. The zero-order valence-corrected chi connectivity index (χ0v) is 14.2. The van der Waals surface area contributed by atoms with Crippen molar-refractivity contribution in [1.82, 2.24) is 5.32 Å². The Hall–Kier alpha value is -1.19. The molecule has 0 aromatic carbocycles. The third-order valence-corrected chi connectivity index (χ3v) is 4.51. The van der Waals surface area contributed by atoms with Gasteiger partial charge in [0.1, 0.15) is 48.8 Å². The van der Waals surface area contributed by atoms with Crippen LogP contribution in [-0.2, 0) is 19.0 Å². The van der Waals surface area contributed by atoms with Gasteiger partial charge in [-0.05, 0) is 6.08 Å². The van der Waals surface area contributed by atoms with Gasteiger partial charge >= 0.3 is 0 Å². The molecule has 8 N–H and O–H groups in total. The summed E-state index contributed by atoms with van der Waals surface area (Å²) in [5, 5.41) is 70.9. The molecular formula is C15H25NO11. The Kier molecular flexibility index (Phi) is 7.64. The van der Waals surface area contributed by atoms with Crippen molar-refractivity contribution < 1.29 is 54.8 Å². The molecule has 2 heterocycles. The lowest BCUT2D eigenvalue weighted by atomic mass is 9.95. The Morgan fingerprint density at radius 1 is 0.963 bits per heavy atom. The van der Waals surface area contributed by atoms with Crippen molar-refractivity contribution in [3.63, 3.8) is 0 Å². The first kappa shape index (κ1) is 22.1. The zero-order valence-electron chi connectivity index (χ0n) is 14.2. The zero-order chi connectivity index (χ0) is 20.3. The molecule has 0 aliphatic carbocycles. The van der Waals surface area contributed by atoms with E-state index in [2.05, 4.69) is 11.9 Å². The first-order valence-electron chi connectivity index (χ1n) is 8.26. The van der Waals surface area contributed by atoms with E-state index in [0.717, 1.165) is 6.08 Å². The van der Waals surface area contributed by atoms with Crippen molar-refractivity contribution in [2.45, 2.75) is 61.3 Å². The lowest BCUT2D eigenvalue weighted by Crippen LogP contribution is -2.67. The molecule has 0 aromatic rings. The summed E-state index contributed by atoms with van der Waals surface area (Å²) in [4.78, 5) is 11.5. The fraction of sp³-hybridized carbons (Fsp3) is 0.800. The Labute approximate surface area is 154 Å². The molecule has 2 aliphatic heterocycles. The minimum Gasteiger partial charge on any atom is -0.394 e. The number of hydrogen-bond acceptors (Lipinski definition) is 11. The largest absolute Gasteiger partial charge is 0.394 e. The topological polar surface area (TPSA) is 198 Å². The van der Waals surface area contributed by atoms with Gasteiger partial charge < -0.3 is 55.3 Å². The van der Waals surface area contributed by atoms with E-state index in [1.54, 1.807) is 0 Å². The van der Waals surface area contributed by atoms with E-state index < -0.39 is 80.5 Å². The highest BCUT2D eigenvalue weighted by Gasteiger charge is 2.50. The van der Waals surface area contributed by atoms with Gasteiger partial charge in [0, 0.05) is 0 Å². The van der Waals surface area contributed by atoms with Crippen molar-refractivity contribution >= 4 is 5.91 Å². The van der Waals surface area contributed by atoms with Crippen LogP contribution in [-0.4, -0.2) is 116 Å². The number of rotatable bonds is 6. The molecule has 0 radical (unpaired) electrons. The SMILES string of the molecule is C=CC(=O)N[C@H]1C(O)O[C@H](CO)[C@@H](O[C@@H]2O[C@H](CO)[C@H](O)[C@H](O)[C@H]2O)[C@@H]1O. The average molecular weight is 395 g/mol. The minimum atomic E-state index is -1.75. The third kappa shape index (κ3) is 4.63. The highest BCUT2D eigenvalue weighted by atomic mass is 16.7. The van der Waals surface area contributed by atoms with Gasteiger partial charge in [0.25, 0.3) is 0 Å². The fourth-order valence-corrected chi connectivity index (χ4v) is 2.96. The van der Waals surface area contributed by atoms with Gasteiger partial charge in [-0.25, -0.2) is 0 Å². The molecular weight excluding hydrogens is 370 g/mol. The molecule has 156 valence electrons. The van der Waals surface area contributed by atoms with E-state index >= 15 is 0 Å². The molecule has 12 heteroatoms. The van der Waals surface area contributed by atoms with Crippen LogP contribution in [0.1, 0.15) is 0 Å². The smallest absolute Gasteiger partial charge is 0.243 e. The molecule has 0 saturated carbocycles. The molecule has 0 spiro atoms. The van der Waals surface area contributed by atoms with E-state index in [1.165, 1.54) is 0 Å². The second-order valence-electron chi connectivity index (χ2n) is 6.27. The Balaban J connectivity index is 2.17.